The Morgan fingerprint density at radius 1 is 1.03 bits per heavy atom. The molecule has 0 amide bonds. The maximum absolute atomic E-state index is 15.4. The highest BCUT2D eigenvalue weighted by atomic mass is 79.9. The van der Waals surface area contributed by atoms with Gasteiger partial charge in [-0.1, -0.05) is 61.4 Å². The highest BCUT2D eigenvalue weighted by Gasteiger charge is 2.34. The third kappa shape index (κ3) is 3.59. The molecule has 29 heavy (non-hydrogen) atoms. The van der Waals surface area contributed by atoms with Gasteiger partial charge >= 0.3 is 0 Å². The molecule has 0 bridgehead atoms. The van der Waals surface area contributed by atoms with Crippen molar-refractivity contribution in [3.05, 3.63) is 70.4 Å². The molecule has 0 aliphatic heterocycles. The van der Waals surface area contributed by atoms with Crippen LogP contribution in [-0.2, 0) is 0 Å². The molecule has 3 atom stereocenters. The zero-order valence-electron chi connectivity index (χ0n) is 16.7. The van der Waals surface area contributed by atoms with Gasteiger partial charge in [-0.15, -0.1) is 0 Å². The second-order valence-corrected chi connectivity index (χ2v) is 9.62. The van der Waals surface area contributed by atoms with Gasteiger partial charge < -0.3 is 4.42 Å². The zero-order valence-corrected chi connectivity index (χ0v) is 18.3. The molecule has 3 unspecified atom stereocenters. The van der Waals surface area contributed by atoms with Crippen molar-refractivity contribution in [1.29, 1.82) is 0 Å². The monoisotopic (exact) mass is 452 g/mol. The van der Waals surface area contributed by atoms with Gasteiger partial charge in [0.2, 0.25) is 0 Å². The van der Waals surface area contributed by atoms with E-state index >= 15 is 4.39 Å². The highest BCUT2D eigenvalue weighted by molar-refractivity contribution is 9.10. The fraction of sp³-hybridized carbons (Fsp3) is 0.385. The molecule has 5 rings (SSSR count). The summed E-state index contributed by atoms with van der Waals surface area (Å²) in [4.78, 5) is 0. The first-order valence-electron chi connectivity index (χ1n) is 10.7. The molecule has 0 radical (unpaired) electrons. The van der Waals surface area contributed by atoms with Crippen molar-refractivity contribution in [3.8, 4) is 11.1 Å². The van der Waals surface area contributed by atoms with Crippen LogP contribution in [0.3, 0.4) is 0 Å². The Labute approximate surface area is 180 Å². The van der Waals surface area contributed by atoms with Crippen molar-refractivity contribution in [1.82, 2.24) is 0 Å². The molecular formula is C26H26BrFO. The molecule has 2 aromatic carbocycles. The highest BCUT2D eigenvalue weighted by Crippen LogP contribution is 2.46. The Kier molecular flexibility index (Phi) is 5.11. The van der Waals surface area contributed by atoms with Crippen LogP contribution < -0.4 is 0 Å². The van der Waals surface area contributed by atoms with Crippen LogP contribution in [0.4, 0.5) is 4.39 Å². The minimum atomic E-state index is -0.985. The number of allylic oxidation sites excluding steroid dienone is 2. The molecule has 1 aromatic heterocycles. The number of alkyl halides is 1. The molecule has 1 heterocycles. The van der Waals surface area contributed by atoms with Crippen LogP contribution in [0, 0.1) is 11.8 Å². The fourth-order valence-corrected chi connectivity index (χ4v) is 5.59. The van der Waals surface area contributed by atoms with E-state index in [9.17, 15) is 0 Å². The van der Waals surface area contributed by atoms with E-state index in [1.165, 1.54) is 30.4 Å². The van der Waals surface area contributed by atoms with E-state index in [2.05, 4.69) is 47.1 Å². The van der Waals surface area contributed by atoms with Gasteiger partial charge in [-0.05, 0) is 76.7 Å². The molecule has 1 nitrogen and oxygen atoms in total. The molecule has 1 saturated carbocycles. The summed E-state index contributed by atoms with van der Waals surface area (Å²) in [7, 11) is 0. The van der Waals surface area contributed by atoms with E-state index in [0.29, 0.717) is 11.8 Å². The number of fused-ring (bicyclic) bond motifs is 1. The van der Waals surface area contributed by atoms with E-state index in [1.807, 2.05) is 30.3 Å². The van der Waals surface area contributed by atoms with Crippen molar-refractivity contribution < 1.29 is 8.81 Å². The number of hydrogen-bond donors (Lipinski definition) is 0. The average Bonchev–Trinajstić information content (AvgIpc) is 2.93. The summed E-state index contributed by atoms with van der Waals surface area (Å²) in [6.45, 7) is 2.25. The molecule has 0 N–H and O–H groups in total. The van der Waals surface area contributed by atoms with Gasteiger partial charge in [0.15, 0.2) is 0 Å². The molecular weight excluding hydrogens is 427 g/mol. The van der Waals surface area contributed by atoms with Crippen LogP contribution in [0.5, 0.6) is 0 Å². The predicted octanol–water partition coefficient (Wildman–Crippen LogP) is 8.44. The number of rotatable bonds is 3. The Balaban J connectivity index is 1.52. The first-order chi connectivity index (χ1) is 14.1. The molecule has 2 aliphatic carbocycles. The third-order valence-corrected chi connectivity index (χ3v) is 7.54. The van der Waals surface area contributed by atoms with Gasteiger partial charge in [0, 0.05) is 5.39 Å². The summed E-state index contributed by atoms with van der Waals surface area (Å²) >= 11 is 3.75. The molecule has 0 spiro atoms. The van der Waals surface area contributed by atoms with Gasteiger partial charge in [-0.3, -0.25) is 0 Å². The summed E-state index contributed by atoms with van der Waals surface area (Å²) in [6, 6.07) is 16.5. The van der Waals surface area contributed by atoms with E-state index in [-0.39, 0.29) is 5.92 Å². The first-order valence-corrected chi connectivity index (χ1v) is 11.5. The number of furan rings is 1. The van der Waals surface area contributed by atoms with Crippen LogP contribution in [-0.4, -0.2) is 6.17 Å². The predicted molar refractivity (Wildman–Crippen MR) is 121 cm³/mol. The van der Waals surface area contributed by atoms with Crippen LogP contribution in [0.15, 0.2) is 69.1 Å². The SMILES string of the molecule is CC1CC(C2CCC2)=CC(F)C(c2oc3ccc(-c4ccccc4)cc3c2Br)C1. The second kappa shape index (κ2) is 7.75. The largest absolute Gasteiger partial charge is 0.459 e. The standard InChI is InChI=1S/C26H26BrFO/c1-16-12-20(18-8-5-9-18)15-23(28)21(13-16)26-25(27)22-14-19(10-11-24(22)29-26)17-6-3-2-4-7-17/h2-4,6-7,10-11,14-16,18,21,23H,5,8-9,12-13H2,1H3. The van der Waals surface area contributed by atoms with E-state index < -0.39 is 6.17 Å². The van der Waals surface area contributed by atoms with Crippen molar-refractivity contribution in [3.63, 3.8) is 0 Å². The second-order valence-electron chi connectivity index (χ2n) is 8.82. The maximum atomic E-state index is 15.4. The maximum Gasteiger partial charge on any atom is 0.135 e. The van der Waals surface area contributed by atoms with Gasteiger partial charge in [-0.2, -0.15) is 0 Å². The number of hydrogen-bond acceptors (Lipinski definition) is 1. The minimum Gasteiger partial charge on any atom is -0.459 e. The summed E-state index contributed by atoms with van der Waals surface area (Å²) < 4.78 is 22.6. The van der Waals surface area contributed by atoms with Crippen LogP contribution in [0.2, 0.25) is 0 Å². The third-order valence-electron chi connectivity index (χ3n) is 6.72. The average molecular weight is 453 g/mol. The van der Waals surface area contributed by atoms with Gasteiger partial charge in [0.05, 0.1) is 10.4 Å². The summed E-state index contributed by atoms with van der Waals surface area (Å²) in [5.74, 6) is 1.61. The number of halogens is 2. The summed E-state index contributed by atoms with van der Waals surface area (Å²) in [5, 5.41) is 1.02. The lowest BCUT2D eigenvalue weighted by molar-refractivity contribution is 0.283. The van der Waals surface area contributed by atoms with Gasteiger partial charge in [0.25, 0.3) is 0 Å². The molecule has 3 aromatic rings. The molecule has 0 saturated heterocycles. The lowest BCUT2D eigenvalue weighted by atomic mass is 9.77. The van der Waals surface area contributed by atoms with Gasteiger partial charge in [0.1, 0.15) is 17.5 Å². The Hall–Kier alpha value is -1.87. The van der Waals surface area contributed by atoms with Crippen molar-refractivity contribution in [2.45, 2.75) is 51.1 Å². The number of benzene rings is 2. The summed E-state index contributed by atoms with van der Waals surface area (Å²) in [5.41, 5.74) is 4.48. The Morgan fingerprint density at radius 2 is 1.83 bits per heavy atom. The quantitative estimate of drug-likeness (QED) is 0.363. The Bertz CT molecular complexity index is 1050. The van der Waals surface area contributed by atoms with Gasteiger partial charge in [-0.25, -0.2) is 4.39 Å². The fourth-order valence-electron chi connectivity index (χ4n) is 4.91. The lowest BCUT2D eigenvalue weighted by Crippen LogP contribution is -2.15. The Morgan fingerprint density at radius 3 is 2.55 bits per heavy atom. The molecule has 2 aliphatic rings. The lowest BCUT2D eigenvalue weighted by Gasteiger charge is -2.29. The summed E-state index contributed by atoms with van der Waals surface area (Å²) in [6.07, 6.45) is 6.53. The molecule has 1 fully saturated rings. The smallest absolute Gasteiger partial charge is 0.135 e. The topological polar surface area (TPSA) is 13.1 Å². The van der Waals surface area contributed by atoms with Crippen LogP contribution in [0.25, 0.3) is 22.1 Å². The minimum absolute atomic E-state index is 0.232. The zero-order chi connectivity index (χ0) is 20.0. The molecule has 3 heteroatoms. The normalized spacial score (nSPS) is 25.5. The van der Waals surface area contributed by atoms with Crippen molar-refractivity contribution in [2.75, 3.05) is 0 Å². The van der Waals surface area contributed by atoms with Crippen molar-refractivity contribution >= 4 is 26.9 Å². The van der Waals surface area contributed by atoms with Crippen molar-refractivity contribution in [2.24, 2.45) is 11.8 Å². The molecule has 150 valence electrons. The van der Waals surface area contributed by atoms with E-state index in [1.54, 1.807) is 0 Å². The first kappa shape index (κ1) is 19.1. The van der Waals surface area contributed by atoms with Crippen LogP contribution in [0.1, 0.15) is 50.7 Å². The van der Waals surface area contributed by atoms with E-state index in [0.717, 1.165) is 39.6 Å². The van der Waals surface area contributed by atoms with E-state index in [4.69, 9.17) is 4.42 Å². The van der Waals surface area contributed by atoms with Crippen LogP contribution >= 0.6 is 15.9 Å².